The number of hydrogen-bond donors (Lipinski definition) is 2. The molecule has 1 rings (SSSR count). The molecule has 13 heavy (non-hydrogen) atoms. The minimum absolute atomic E-state index is 0.208. The van der Waals surface area contributed by atoms with Crippen molar-refractivity contribution in [3.05, 3.63) is 29.8 Å². The molecule has 0 unspecified atom stereocenters. The number of phenols is 1. The van der Waals surface area contributed by atoms with Crippen molar-refractivity contribution >= 4 is 20.6 Å². The lowest BCUT2D eigenvalue weighted by molar-refractivity contribution is -0.111. The van der Waals surface area contributed by atoms with Gasteiger partial charge >= 0.3 is 0 Å². The molecule has 0 fully saturated rings. The zero-order valence-electron chi connectivity index (χ0n) is 6.90. The van der Waals surface area contributed by atoms with E-state index in [9.17, 15) is 4.79 Å². The van der Waals surface area contributed by atoms with Crippen LogP contribution in [-0.4, -0.2) is 15.8 Å². The van der Waals surface area contributed by atoms with Crippen LogP contribution in [0, 0.1) is 0 Å². The monoisotopic (exact) mass is 243 g/mol. The van der Waals surface area contributed by atoms with Crippen molar-refractivity contribution in [1.82, 2.24) is 0 Å². The van der Waals surface area contributed by atoms with E-state index in [0.717, 1.165) is 5.56 Å². The fourth-order valence-electron chi connectivity index (χ4n) is 0.966. The first-order chi connectivity index (χ1) is 6.09. The van der Waals surface area contributed by atoms with E-state index in [2.05, 4.69) is 15.9 Å². The largest absolute Gasteiger partial charge is 0.508 e. The quantitative estimate of drug-likeness (QED) is 0.785. The van der Waals surface area contributed by atoms with Crippen LogP contribution < -0.4 is 5.73 Å². The summed E-state index contributed by atoms with van der Waals surface area (Å²) in [6, 6.07) is 6.10. The molecule has 0 heterocycles. The highest BCUT2D eigenvalue weighted by molar-refractivity contribution is 9.18. The Balaban J connectivity index is 2.64. The molecule has 3 nitrogen and oxygen atoms in total. The van der Waals surface area contributed by atoms with Crippen LogP contribution in [0.4, 0.5) is 0 Å². The second kappa shape index (κ2) is 4.39. The first-order valence-electron chi connectivity index (χ1n) is 3.82. The molecule has 70 valence electrons. The number of carbonyl (C=O) groups is 1. The number of hydrogen-bond acceptors (Lipinski definition) is 3. The molecule has 0 amide bonds. The Kier molecular flexibility index (Phi) is 3.45. The zero-order chi connectivity index (χ0) is 9.84. The maximum absolute atomic E-state index is 10.8. The molecule has 0 saturated heterocycles. The summed E-state index contributed by atoms with van der Waals surface area (Å²) in [7, 11) is 0. The lowest BCUT2D eigenvalue weighted by Crippen LogP contribution is -2.28. The summed E-state index contributed by atoms with van der Waals surface area (Å²) in [5.74, 6) is 0.211. The fourth-order valence-corrected chi connectivity index (χ4v) is 1.13. The first kappa shape index (κ1) is 10.2. The summed E-state index contributed by atoms with van der Waals surface area (Å²) in [4.78, 5) is 10.8. The van der Waals surface area contributed by atoms with Crippen molar-refractivity contribution in [2.75, 3.05) is 0 Å². The van der Waals surface area contributed by atoms with Crippen LogP contribution in [0.3, 0.4) is 0 Å². The highest BCUT2D eigenvalue weighted by Crippen LogP contribution is 2.11. The molecule has 0 saturated carbocycles. The van der Waals surface area contributed by atoms with E-state index < -0.39 is 6.04 Å². The second-order valence-corrected chi connectivity index (χ2v) is 3.56. The number of aromatic hydroxyl groups is 1. The van der Waals surface area contributed by atoms with Gasteiger partial charge in [-0.05, 0) is 40.0 Å². The summed E-state index contributed by atoms with van der Waals surface area (Å²) < 4.78 is -0.208. The molecule has 1 aromatic rings. The zero-order valence-corrected chi connectivity index (χ0v) is 8.49. The van der Waals surface area contributed by atoms with Gasteiger partial charge in [-0.1, -0.05) is 12.1 Å². The van der Waals surface area contributed by atoms with Crippen LogP contribution in [0.5, 0.6) is 5.75 Å². The van der Waals surface area contributed by atoms with Gasteiger partial charge in [0.05, 0.1) is 6.04 Å². The molecular weight excluding hydrogens is 234 g/mol. The molecule has 0 bridgehead atoms. The Hall–Kier alpha value is -0.870. The van der Waals surface area contributed by atoms with E-state index in [-0.39, 0.29) is 10.4 Å². The summed E-state index contributed by atoms with van der Waals surface area (Å²) in [5, 5.41) is 8.99. The maximum Gasteiger partial charge on any atom is 0.214 e. The van der Waals surface area contributed by atoms with Crippen LogP contribution in [-0.2, 0) is 11.2 Å². The molecule has 0 aliphatic heterocycles. The van der Waals surface area contributed by atoms with E-state index in [1.54, 1.807) is 24.3 Å². The van der Waals surface area contributed by atoms with Crippen molar-refractivity contribution < 1.29 is 9.90 Å². The van der Waals surface area contributed by atoms with Gasteiger partial charge in [-0.15, -0.1) is 0 Å². The van der Waals surface area contributed by atoms with Gasteiger partial charge in [0, 0.05) is 0 Å². The van der Waals surface area contributed by atoms with E-state index in [1.807, 2.05) is 0 Å². The minimum atomic E-state index is -0.524. The van der Waals surface area contributed by atoms with Crippen LogP contribution in [0.2, 0.25) is 0 Å². The van der Waals surface area contributed by atoms with Crippen LogP contribution >= 0.6 is 15.9 Å². The summed E-state index contributed by atoms with van der Waals surface area (Å²) in [6.07, 6.45) is 0.477. The first-order valence-corrected chi connectivity index (χ1v) is 4.61. The Bertz CT molecular complexity index is 297. The van der Waals surface area contributed by atoms with Gasteiger partial charge in [-0.3, -0.25) is 4.79 Å². The third-order valence-corrected chi connectivity index (χ3v) is 2.27. The standard InChI is InChI=1S/C9H10BrNO2/c10-9(13)8(11)5-6-1-3-7(12)4-2-6/h1-4,8,12H,5,11H2/t8-/m0/s1. The molecule has 0 aromatic heterocycles. The van der Waals surface area contributed by atoms with Gasteiger partial charge in [0.25, 0.3) is 0 Å². The molecular formula is C9H10BrNO2. The molecule has 0 radical (unpaired) electrons. The molecule has 1 atom stereocenters. The second-order valence-electron chi connectivity index (χ2n) is 2.78. The highest BCUT2D eigenvalue weighted by atomic mass is 79.9. The van der Waals surface area contributed by atoms with E-state index in [4.69, 9.17) is 10.8 Å². The lowest BCUT2D eigenvalue weighted by Gasteiger charge is -2.05. The number of halogens is 1. The Labute approximate surface area is 84.7 Å². The number of carbonyl (C=O) groups excluding carboxylic acids is 1. The Morgan fingerprint density at radius 2 is 2.00 bits per heavy atom. The fraction of sp³-hybridized carbons (Fsp3) is 0.222. The van der Waals surface area contributed by atoms with Crippen LogP contribution in [0.15, 0.2) is 24.3 Å². The van der Waals surface area contributed by atoms with Crippen molar-refractivity contribution in [2.24, 2.45) is 5.73 Å². The Morgan fingerprint density at radius 3 is 2.46 bits per heavy atom. The lowest BCUT2D eigenvalue weighted by atomic mass is 10.1. The topological polar surface area (TPSA) is 63.3 Å². The predicted octanol–water partition coefficient (Wildman–Crippen LogP) is 1.18. The van der Waals surface area contributed by atoms with Crippen molar-refractivity contribution in [3.8, 4) is 5.75 Å². The van der Waals surface area contributed by atoms with E-state index in [0.29, 0.717) is 6.42 Å². The maximum atomic E-state index is 10.8. The van der Waals surface area contributed by atoms with Gasteiger partial charge in [-0.2, -0.15) is 0 Å². The minimum Gasteiger partial charge on any atom is -0.508 e. The third-order valence-electron chi connectivity index (χ3n) is 1.68. The molecule has 3 N–H and O–H groups in total. The number of phenolic OH excluding ortho intramolecular Hbond substituents is 1. The predicted molar refractivity (Wildman–Crippen MR) is 53.7 cm³/mol. The SMILES string of the molecule is N[C@@H](Cc1ccc(O)cc1)C(=O)Br. The molecule has 1 aromatic carbocycles. The summed E-state index contributed by atoms with van der Waals surface area (Å²) in [6.45, 7) is 0. The number of rotatable bonds is 3. The van der Waals surface area contributed by atoms with Gasteiger partial charge in [0.1, 0.15) is 5.75 Å². The highest BCUT2D eigenvalue weighted by Gasteiger charge is 2.09. The molecule has 0 aliphatic rings. The van der Waals surface area contributed by atoms with E-state index >= 15 is 0 Å². The number of nitrogens with two attached hydrogens (primary N) is 1. The van der Waals surface area contributed by atoms with Gasteiger partial charge < -0.3 is 10.8 Å². The van der Waals surface area contributed by atoms with Crippen LogP contribution in [0.25, 0.3) is 0 Å². The van der Waals surface area contributed by atoms with Crippen molar-refractivity contribution in [1.29, 1.82) is 0 Å². The third kappa shape index (κ3) is 3.16. The van der Waals surface area contributed by atoms with Gasteiger partial charge in [0.15, 0.2) is 0 Å². The van der Waals surface area contributed by atoms with Crippen molar-refractivity contribution in [2.45, 2.75) is 12.5 Å². The molecule has 4 heteroatoms. The van der Waals surface area contributed by atoms with Gasteiger partial charge in [0.2, 0.25) is 4.69 Å². The van der Waals surface area contributed by atoms with E-state index in [1.165, 1.54) is 0 Å². The number of benzene rings is 1. The molecule has 0 aliphatic carbocycles. The summed E-state index contributed by atoms with van der Waals surface area (Å²) >= 11 is 2.80. The average molecular weight is 244 g/mol. The Morgan fingerprint density at radius 1 is 1.46 bits per heavy atom. The van der Waals surface area contributed by atoms with Crippen LogP contribution in [0.1, 0.15) is 5.56 Å². The van der Waals surface area contributed by atoms with Gasteiger partial charge in [-0.25, -0.2) is 0 Å². The van der Waals surface area contributed by atoms with Crippen molar-refractivity contribution in [3.63, 3.8) is 0 Å². The molecule has 0 spiro atoms. The normalized spacial score (nSPS) is 12.5. The smallest absolute Gasteiger partial charge is 0.214 e. The summed E-state index contributed by atoms with van der Waals surface area (Å²) in [5.41, 5.74) is 6.46. The average Bonchev–Trinajstić information content (AvgIpc) is 2.08.